The molecule has 0 fully saturated rings. The van der Waals surface area contributed by atoms with Crippen LogP contribution in [-0.2, 0) is 0 Å². The third-order valence-electron chi connectivity index (χ3n) is 2.30. The van der Waals surface area contributed by atoms with Crippen LogP contribution in [0.2, 0.25) is 0 Å². The number of anilines is 1. The van der Waals surface area contributed by atoms with Crippen molar-refractivity contribution in [3.63, 3.8) is 0 Å². The fourth-order valence-electron chi connectivity index (χ4n) is 1.44. The molecule has 0 bridgehead atoms. The molecule has 0 aliphatic carbocycles. The van der Waals surface area contributed by atoms with E-state index in [1.54, 1.807) is 6.92 Å². The monoisotopic (exact) mass is 263 g/mol. The number of oxazole rings is 1. The lowest BCUT2D eigenvalue weighted by Crippen LogP contribution is -2.12. The normalized spacial score (nSPS) is 10.2. The van der Waals surface area contributed by atoms with E-state index in [1.165, 1.54) is 18.4 Å². The lowest BCUT2D eigenvalue weighted by atomic mass is 10.1. The van der Waals surface area contributed by atoms with Gasteiger partial charge in [-0.3, -0.25) is 20.2 Å². The predicted octanol–water partition coefficient (Wildman–Crippen LogP) is 1.85. The molecular weight excluding hydrogens is 254 g/mol. The quantitative estimate of drug-likeness (QED) is 0.644. The van der Waals surface area contributed by atoms with Gasteiger partial charge < -0.3 is 9.52 Å². The molecule has 98 valence electrons. The molecule has 2 rings (SSSR count). The van der Waals surface area contributed by atoms with Gasteiger partial charge in [0.1, 0.15) is 6.26 Å². The van der Waals surface area contributed by atoms with E-state index >= 15 is 0 Å². The minimum Gasteiger partial charge on any atom is -0.502 e. The number of carbonyl (C=O) groups excluding carboxylic acids is 1. The Morgan fingerprint density at radius 1 is 1.53 bits per heavy atom. The molecule has 1 amide bonds. The second-order valence-electron chi connectivity index (χ2n) is 3.68. The molecule has 0 saturated heterocycles. The van der Waals surface area contributed by atoms with E-state index in [0.29, 0.717) is 5.69 Å². The van der Waals surface area contributed by atoms with Crippen molar-refractivity contribution in [2.75, 3.05) is 5.32 Å². The molecule has 0 aliphatic rings. The Labute approximate surface area is 106 Å². The standard InChI is InChI=1S/C11H9N3O5/c1-6-5-19-11(12-6)13-10(16)7-3-2-4-8(9(7)15)14(17)18/h2-5,15H,1H3,(H,12,13,16). The Balaban J connectivity index is 2.29. The summed E-state index contributed by atoms with van der Waals surface area (Å²) in [5.74, 6) is -1.45. The Hall–Kier alpha value is -2.90. The summed E-state index contributed by atoms with van der Waals surface area (Å²) in [4.78, 5) is 25.5. The highest BCUT2D eigenvalue weighted by Gasteiger charge is 2.21. The van der Waals surface area contributed by atoms with Crippen LogP contribution in [0.4, 0.5) is 11.7 Å². The van der Waals surface area contributed by atoms with Crippen molar-refractivity contribution in [3.05, 3.63) is 45.8 Å². The predicted molar refractivity (Wildman–Crippen MR) is 64.0 cm³/mol. The second-order valence-corrected chi connectivity index (χ2v) is 3.68. The number of aryl methyl sites for hydroxylation is 1. The summed E-state index contributed by atoms with van der Waals surface area (Å²) in [7, 11) is 0. The third-order valence-corrected chi connectivity index (χ3v) is 2.30. The van der Waals surface area contributed by atoms with Gasteiger partial charge in [0.2, 0.25) is 5.75 Å². The molecule has 2 N–H and O–H groups in total. The van der Waals surface area contributed by atoms with Crippen molar-refractivity contribution in [1.29, 1.82) is 0 Å². The molecule has 8 heteroatoms. The average Bonchev–Trinajstić information content (AvgIpc) is 2.74. The third kappa shape index (κ3) is 2.51. The van der Waals surface area contributed by atoms with Gasteiger partial charge in [-0.05, 0) is 13.0 Å². The zero-order valence-electron chi connectivity index (χ0n) is 9.78. The number of rotatable bonds is 3. The van der Waals surface area contributed by atoms with Crippen LogP contribution in [0.25, 0.3) is 0 Å². The first-order valence-electron chi connectivity index (χ1n) is 5.19. The van der Waals surface area contributed by atoms with E-state index in [9.17, 15) is 20.0 Å². The van der Waals surface area contributed by atoms with Crippen molar-refractivity contribution in [1.82, 2.24) is 4.98 Å². The fraction of sp³-hybridized carbons (Fsp3) is 0.0909. The van der Waals surface area contributed by atoms with Crippen LogP contribution in [0.5, 0.6) is 5.75 Å². The molecule has 0 unspecified atom stereocenters. The highest BCUT2D eigenvalue weighted by Crippen LogP contribution is 2.29. The van der Waals surface area contributed by atoms with Crippen LogP contribution >= 0.6 is 0 Å². The molecule has 0 saturated carbocycles. The number of phenols is 1. The number of nitrogens with zero attached hydrogens (tertiary/aromatic N) is 2. The van der Waals surface area contributed by atoms with Crippen molar-refractivity contribution >= 4 is 17.6 Å². The Morgan fingerprint density at radius 3 is 2.84 bits per heavy atom. The number of hydrogen-bond donors (Lipinski definition) is 2. The van der Waals surface area contributed by atoms with Crippen molar-refractivity contribution in [2.24, 2.45) is 0 Å². The topological polar surface area (TPSA) is 118 Å². The van der Waals surface area contributed by atoms with Crippen molar-refractivity contribution < 1.29 is 19.2 Å². The van der Waals surface area contributed by atoms with E-state index in [0.717, 1.165) is 6.07 Å². The maximum atomic E-state index is 11.8. The van der Waals surface area contributed by atoms with E-state index < -0.39 is 22.3 Å². The minimum atomic E-state index is -0.776. The van der Waals surface area contributed by atoms with E-state index in [2.05, 4.69) is 10.3 Å². The molecular formula is C11H9N3O5. The number of nitrogens with one attached hydrogen (secondary N) is 1. The number of amides is 1. The highest BCUT2D eigenvalue weighted by molar-refractivity contribution is 6.05. The van der Waals surface area contributed by atoms with Crippen molar-refractivity contribution in [3.8, 4) is 5.75 Å². The summed E-state index contributed by atoms with van der Waals surface area (Å²) in [5.41, 5.74) is -0.208. The molecule has 0 radical (unpaired) electrons. The molecule has 0 spiro atoms. The van der Waals surface area contributed by atoms with Crippen molar-refractivity contribution in [2.45, 2.75) is 6.92 Å². The average molecular weight is 263 g/mol. The number of carbonyl (C=O) groups is 1. The van der Waals surface area contributed by atoms with Gasteiger partial charge in [0.15, 0.2) is 0 Å². The van der Waals surface area contributed by atoms with Gasteiger partial charge >= 0.3 is 11.7 Å². The molecule has 1 aromatic carbocycles. The first kappa shape index (κ1) is 12.6. The van der Waals surface area contributed by atoms with Gasteiger partial charge in [-0.15, -0.1) is 0 Å². The summed E-state index contributed by atoms with van der Waals surface area (Å²) in [6.07, 6.45) is 1.34. The smallest absolute Gasteiger partial charge is 0.311 e. The molecule has 2 aromatic rings. The van der Waals surface area contributed by atoms with Gasteiger partial charge in [0, 0.05) is 6.07 Å². The first-order chi connectivity index (χ1) is 8.99. The van der Waals surface area contributed by atoms with Crippen LogP contribution in [0.3, 0.4) is 0 Å². The molecule has 1 aromatic heterocycles. The van der Waals surface area contributed by atoms with Gasteiger partial charge in [-0.25, -0.2) is 0 Å². The minimum absolute atomic E-state index is 0.0478. The number of hydrogen-bond acceptors (Lipinski definition) is 6. The van der Waals surface area contributed by atoms with E-state index in [-0.39, 0.29) is 11.6 Å². The second kappa shape index (κ2) is 4.77. The number of para-hydroxylation sites is 1. The van der Waals surface area contributed by atoms with Gasteiger partial charge in [-0.2, -0.15) is 4.98 Å². The van der Waals surface area contributed by atoms with Crippen LogP contribution in [0.1, 0.15) is 16.1 Å². The summed E-state index contributed by atoms with van der Waals surface area (Å²) in [6.45, 7) is 1.67. The van der Waals surface area contributed by atoms with Crippen LogP contribution < -0.4 is 5.32 Å². The summed E-state index contributed by atoms with van der Waals surface area (Å²) < 4.78 is 4.92. The maximum Gasteiger partial charge on any atom is 0.311 e. The number of aromatic hydroxyl groups is 1. The Kier molecular flexibility index (Phi) is 3.15. The zero-order chi connectivity index (χ0) is 14.0. The lowest BCUT2D eigenvalue weighted by molar-refractivity contribution is -0.385. The number of nitro benzene ring substituents is 1. The fourth-order valence-corrected chi connectivity index (χ4v) is 1.44. The molecule has 1 heterocycles. The zero-order valence-corrected chi connectivity index (χ0v) is 9.78. The Bertz CT molecular complexity index is 650. The SMILES string of the molecule is Cc1coc(NC(=O)c2cccc([N+](=O)[O-])c2O)n1. The molecule has 19 heavy (non-hydrogen) atoms. The van der Waals surface area contributed by atoms with Gasteiger partial charge in [0.05, 0.1) is 16.2 Å². The number of nitro groups is 1. The summed E-state index contributed by atoms with van der Waals surface area (Å²) >= 11 is 0. The summed E-state index contributed by atoms with van der Waals surface area (Å²) in [5, 5.41) is 22.6. The van der Waals surface area contributed by atoms with Gasteiger partial charge in [-0.1, -0.05) is 6.07 Å². The maximum absolute atomic E-state index is 11.8. The largest absolute Gasteiger partial charge is 0.502 e. The van der Waals surface area contributed by atoms with Crippen LogP contribution in [0, 0.1) is 17.0 Å². The number of aromatic nitrogens is 1. The first-order valence-corrected chi connectivity index (χ1v) is 5.19. The van der Waals surface area contributed by atoms with E-state index in [1.807, 2.05) is 0 Å². The van der Waals surface area contributed by atoms with E-state index in [4.69, 9.17) is 4.42 Å². The van der Waals surface area contributed by atoms with Crippen LogP contribution in [0.15, 0.2) is 28.9 Å². The summed E-state index contributed by atoms with van der Waals surface area (Å²) in [6, 6.07) is 3.61. The molecule has 0 atom stereocenters. The van der Waals surface area contributed by atoms with Gasteiger partial charge in [0.25, 0.3) is 5.91 Å². The number of benzene rings is 1. The molecule has 0 aliphatic heterocycles. The Morgan fingerprint density at radius 2 is 2.26 bits per heavy atom. The molecule has 8 nitrogen and oxygen atoms in total. The number of phenolic OH excluding ortho intramolecular Hbond substituents is 1. The highest BCUT2D eigenvalue weighted by atomic mass is 16.6. The van der Waals surface area contributed by atoms with Crippen LogP contribution in [-0.4, -0.2) is 20.9 Å². The lowest BCUT2D eigenvalue weighted by Gasteiger charge is -2.03.